The van der Waals surface area contributed by atoms with Gasteiger partial charge in [-0.3, -0.25) is 0 Å². The molecule has 0 bridgehead atoms. The molecular formula is C15H17N3S. The van der Waals surface area contributed by atoms with Gasteiger partial charge in [-0.2, -0.15) is 5.26 Å². The zero-order valence-electron chi connectivity index (χ0n) is 11.4. The van der Waals surface area contributed by atoms with E-state index >= 15 is 0 Å². The first kappa shape index (κ1) is 13.7. The summed E-state index contributed by atoms with van der Waals surface area (Å²) in [5.41, 5.74) is 2.91. The van der Waals surface area contributed by atoms with Gasteiger partial charge in [-0.25, -0.2) is 4.98 Å². The molecule has 2 aromatic rings. The number of aryl methyl sites for hydroxylation is 2. The molecule has 0 saturated heterocycles. The Hall–Kier alpha value is -1.70. The van der Waals surface area contributed by atoms with E-state index in [0.29, 0.717) is 11.7 Å². The number of pyridine rings is 1. The fourth-order valence-electron chi connectivity index (χ4n) is 2.11. The van der Waals surface area contributed by atoms with Gasteiger partial charge in [-0.1, -0.05) is 0 Å². The standard InChI is InChI=1S/C15H17N3S/c1-10-6-15(12(3)19-10)11(2)18-9-13-4-5-17-14(7-13)8-16/h4-7,11,18H,9H2,1-3H3. The van der Waals surface area contributed by atoms with Gasteiger partial charge in [0.15, 0.2) is 0 Å². The molecule has 0 aromatic carbocycles. The van der Waals surface area contributed by atoms with Gasteiger partial charge in [-0.05, 0) is 50.1 Å². The molecule has 1 unspecified atom stereocenters. The third-order valence-corrected chi connectivity index (χ3v) is 4.08. The minimum absolute atomic E-state index is 0.309. The van der Waals surface area contributed by atoms with E-state index in [-0.39, 0.29) is 0 Å². The predicted molar refractivity (Wildman–Crippen MR) is 78.0 cm³/mol. The van der Waals surface area contributed by atoms with Crippen molar-refractivity contribution < 1.29 is 0 Å². The molecule has 2 heterocycles. The summed E-state index contributed by atoms with van der Waals surface area (Å²) in [7, 11) is 0. The zero-order valence-corrected chi connectivity index (χ0v) is 12.2. The first-order valence-corrected chi connectivity index (χ1v) is 7.07. The van der Waals surface area contributed by atoms with E-state index in [1.807, 2.05) is 23.5 Å². The zero-order chi connectivity index (χ0) is 13.8. The van der Waals surface area contributed by atoms with Crippen LogP contribution in [-0.2, 0) is 6.54 Å². The van der Waals surface area contributed by atoms with Crippen LogP contribution in [0.25, 0.3) is 0 Å². The normalized spacial score (nSPS) is 12.1. The van der Waals surface area contributed by atoms with Crippen LogP contribution in [0.4, 0.5) is 0 Å². The molecule has 0 aliphatic heterocycles. The third-order valence-electron chi connectivity index (χ3n) is 3.10. The summed E-state index contributed by atoms with van der Waals surface area (Å²) < 4.78 is 0. The van der Waals surface area contributed by atoms with Crippen molar-refractivity contribution in [1.29, 1.82) is 5.26 Å². The molecule has 98 valence electrons. The van der Waals surface area contributed by atoms with E-state index in [1.54, 1.807) is 6.20 Å². The second kappa shape index (κ2) is 5.96. The lowest BCUT2D eigenvalue weighted by Gasteiger charge is -2.14. The molecule has 0 amide bonds. The van der Waals surface area contributed by atoms with Crippen LogP contribution in [0.15, 0.2) is 24.4 Å². The van der Waals surface area contributed by atoms with Crippen LogP contribution >= 0.6 is 11.3 Å². The second-order valence-corrected chi connectivity index (χ2v) is 6.09. The minimum atomic E-state index is 0.309. The number of thiophene rings is 1. The first-order chi connectivity index (χ1) is 9.10. The predicted octanol–water partition coefficient (Wildman–Crippen LogP) is 3.48. The smallest absolute Gasteiger partial charge is 0.140 e. The highest BCUT2D eigenvalue weighted by Crippen LogP contribution is 2.26. The Labute approximate surface area is 117 Å². The summed E-state index contributed by atoms with van der Waals surface area (Å²) in [6.07, 6.45) is 1.68. The number of hydrogen-bond donors (Lipinski definition) is 1. The molecule has 0 aliphatic rings. The average Bonchev–Trinajstić information content (AvgIpc) is 2.75. The van der Waals surface area contributed by atoms with Crippen LogP contribution in [0.1, 0.15) is 39.5 Å². The van der Waals surface area contributed by atoms with Crippen molar-refractivity contribution in [3.05, 3.63) is 51.0 Å². The Morgan fingerprint density at radius 2 is 2.21 bits per heavy atom. The lowest BCUT2D eigenvalue weighted by molar-refractivity contribution is 0.573. The first-order valence-electron chi connectivity index (χ1n) is 6.25. The number of nitriles is 1. The Balaban J connectivity index is 2.02. The molecule has 4 heteroatoms. The van der Waals surface area contributed by atoms with E-state index in [9.17, 15) is 0 Å². The summed E-state index contributed by atoms with van der Waals surface area (Å²) in [6.45, 7) is 7.20. The molecule has 3 nitrogen and oxygen atoms in total. The lowest BCUT2D eigenvalue weighted by Crippen LogP contribution is -2.18. The van der Waals surface area contributed by atoms with Gasteiger partial charge in [0.25, 0.3) is 0 Å². The summed E-state index contributed by atoms with van der Waals surface area (Å²) in [6, 6.07) is 8.37. The van der Waals surface area contributed by atoms with Gasteiger partial charge >= 0.3 is 0 Å². The number of aromatic nitrogens is 1. The second-order valence-electron chi connectivity index (χ2n) is 4.63. The van der Waals surface area contributed by atoms with Gasteiger partial charge < -0.3 is 5.32 Å². The highest BCUT2D eigenvalue weighted by atomic mass is 32.1. The van der Waals surface area contributed by atoms with Gasteiger partial charge in [0.1, 0.15) is 11.8 Å². The maximum atomic E-state index is 8.83. The molecule has 0 spiro atoms. The summed E-state index contributed by atoms with van der Waals surface area (Å²) in [4.78, 5) is 6.68. The molecule has 0 aliphatic carbocycles. The topological polar surface area (TPSA) is 48.7 Å². The molecular weight excluding hydrogens is 254 g/mol. The Kier molecular flexibility index (Phi) is 4.31. The summed E-state index contributed by atoms with van der Waals surface area (Å²) in [5.74, 6) is 0. The van der Waals surface area contributed by atoms with Crippen LogP contribution < -0.4 is 5.32 Å². The summed E-state index contributed by atoms with van der Waals surface area (Å²) in [5, 5.41) is 12.3. The van der Waals surface area contributed by atoms with Crippen molar-refractivity contribution in [3.8, 4) is 6.07 Å². The van der Waals surface area contributed by atoms with Crippen molar-refractivity contribution in [2.24, 2.45) is 0 Å². The number of nitrogens with one attached hydrogen (secondary N) is 1. The van der Waals surface area contributed by atoms with E-state index in [0.717, 1.165) is 12.1 Å². The molecule has 19 heavy (non-hydrogen) atoms. The van der Waals surface area contributed by atoms with E-state index in [4.69, 9.17) is 5.26 Å². The van der Waals surface area contributed by atoms with Crippen LogP contribution in [0, 0.1) is 25.2 Å². The summed E-state index contributed by atoms with van der Waals surface area (Å²) >= 11 is 1.83. The molecule has 2 aromatic heterocycles. The highest BCUT2D eigenvalue weighted by molar-refractivity contribution is 7.12. The van der Waals surface area contributed by atoms with Crippen molar-refractivity contribution in [3.63, 3.8) is 0 Å². The SMILES string of the molecule is Cc1cc(C(C)NCc2ccnc(C#N)c2)c(C)s1. The van der Waals surface area contributed by atoms with E-state index < -0.39 is 0 Å². The molecule has 0 radical (unpaired) electrons. The molecule has 0 saturated carbocycles. The van der Waals surface area contributed by atoms with Crippen molar-refractivity contribution in [2.45, 2.75) is 33.4 Å². The average molecular weight is 271 g/mol. The Morgan fingerprint density at radius 3 is 2.84 bits per heavy atom. The van der Waals surface area contributed by atoms with Crippen molar-refractivity contribution >= 4 is 11.3 Å². The van der Waals surface area contributed by atoms with E-state index in [2.05, 4.69) is 43.2 Å². The molecule has 0 fully saturated rings. The fraction of sp³-hybridized carbons (Fsp3) is 0.333. The number of hydrogen-bond acceptors (Lipinski definition) is 4. The monoisotopic (exact) mass is 271 g/mol. The van der Waals surface area contributed by atoms with Crippen molar-refractivity contribution in [1.82, 2.24) is 10.3 Å². The quantitative estimate of drug-likeness (QED) is 0.926. The van der Waals surface area contributed by atoms with Crippen LogP contribution in [-0.4, -0.2) is 4.98 Å². The van der Waals surface area contributed by atoms with Crippen LogP contribution in [0.5, 0.6) is 0 Å². The van der Waals surface area contributed by atoms with Crippen LogP contribution in [0.3, 0.4) is 0 Å². The maximum Gasteiger partial charge on any atom is 0.140 e. The van der Waals surface area contributed by atoms with Gasteiger partial charge in [0.2, 0.25) is 0 Å². The molecule has 2 rings (SSSR count). The third kappa shape index (κ3) is 3.40. The molecule has 1 N–H and O–H groups in total. The van der Waals surface area contributed by atoms with Gasteiger partial charge in [-0.15, -0.1) is 11.3 Å². The van der Waals surface area contributed by atoms with Gasteiger partial charge in [0.05, 0.1) is 0 Å². The highest BCUT2D eigenvalue weighted by Gasteiger charge is 2.10. The Bertz CT molecular complexity index is 610. The largest absolute Gasteiger partial charge is 0.306 e. The number of nitrogens with zero attached hydrogens (tertiary/aromatic N) is 2. The Morgan fingerprint density at radius 1 is 1.42 bits per heavy atom. The number of rotatable bonds is 4. The fourth-order valence-corrected chi connectivity index (χ4v) is 3.13. The van der Waals surface area contributed by atoms with Crippen LogP contribution in [0.2, 0.25) is 0 Å². The lowest BCUT2D eigenvalue weighted by atomic mass is 10.1. The van der Waals surface area contributed by atoms with Gasteiger partial charge in [0, 0.05) is 28.5 Å². The minimum Gasteiger partial charge on any atom is -0.306 e. The molecule has 1 atom stereocenters. The van der Waals surface area contributed by atoms with E-state index in [1.165, 1.54) is 15.3 Å². The van der Waals surface area contributed by atoms with Crippen molar-refractivity contribution in [2.75, 3.05) is 0 Å². The maximum absolute atomic E-state index is 8.83.